The Morgan fingerprint density at radius 3 is 2.55 bits per heavy atom. The third-order valence-electron chi connectivity index (χ3n) is 4.23. The Kier molecular flexibility index (Phi) is 9.24. The number of carbonyl (C=O) groups excluding carboxylic acids is 1. The van der Waals surface area contributed by atoms with Crippen molar-refractivity contribution in [1.82, 2.24) is 9.88 Å². The van der Waals surface area contributed by atoms with Gasteiger partial charge in [0.25, 0.3) is 0 Å². The molecular formula is C21H25Cl2N3OS2. The highest BCUT2D eigenvalue weighted by Crippen LogP contribution is 2.30. The fourth-order valence-electron chi connectivity index (χ4n) is 2.76. The van der Waals surface area contributed by atoms with Gasteiger partial charge in [-0.05, 0) is 75.9 Å². The number of carbonyl (C=O) groups is 1. The van der Waals surface area contributed by atoms with Crippen molar-refractivity contribution < 1.29 is 4.79 Å². The number of halogens is 2. The Morgan fingerprint density at radius 1 is 1.14 bits per heavy atom. The topological polar surface area (TPSA) is 36.4 Å². The lowest BCUT2D eigenvalue weighted by Crippen LogP contribution is -2.34. The number of aryl methyl sites for hydroxylation is 1. The molecule has 0 radical (unpaired) electrons. The van der Waals surface area contributed by atoms with Crippen molar-refractivity contribution >= 4 is 68.4 Å². The average molecular weight is 470 g/mol. The zero-order valence-corrected chi connectivity index (χ0v) is 19.9. The first kappa shape index (κ1) is 24.0. The lowest BCUT2D eigenvalue weighted by atomic mass is 10.2. The van der Waals surface area contributed by atoms with Crippen LogP contribution in [0.2, 0.25) is 5.02 Å². The van der Waals surface area contributed by atoms with Gasteiger partial charge in [0.2, 0.25) is 5.91 Å². The van der Waals surface area contributed by atoms with E-state index in [-0.39, 0.29) is 18.3 Å². The molecule has 8 heteroatoms. The molecule has 0 bridgehead atoms. The van der Waals surface area contributed by atoms with Crippen LogP contribution in [-0.4, -0.2) is 48.7 Å². The molecule has 4 nitrogen and oxygen atoms in total. The van der Waals surface area contributed by atoms with E-state index in [4.69, 9.17) is 16.6 Å². The number of fused-ring (bicyclic) bond motifs is 1. The van der Waals surface area contributed by atoms with E-state index < -0.39 is 0 Å². The van der Waals surface area contributed by atoms with Crippen LogP contribution in [0.5, 0.6) is 0 Å². The van der Waals surface area contributed by atoms with Gasteiger partial charge in [0.1, 0.15) is 0 Å². The van der Waals surface area contributed by atoms with Crippen LogP contribution >= 0.6 is 47.1 Å². The molecule has 1 aromatic heterocycles. The van der Waals surface area contributed by atoms with Crippen molar-refractivity contribution in [2.24, 2.45) is 0 Å². The lowest BCUT2D eigenvalue weighted by Gasteiger charge is -2.21. The number of hydrogen-bond donors (Lipinski definition) is 0. The molecule has 0 aliphatic carbocycles. The Bertz CT molecular complexity index is 945. The predicted molar refractivity (Wildman–Crippen MR) is 129 cm³/mol. The maximum absolute atomic E-state index is 13.0. The summed E-state index contributed by atoms with van der Waals surface area (Å²) >= 11 is 9.05. The van der Waals surface area contributed by atoms with Gasteiger partial charge in [-0.15, -0.1) is 24.2 Å². The molecule has 0 N–H and O–H groups in total. The molecule has 1 heterocycles. The van der Waals surface area contributed by atoms with Crippen molar-refractivity contribution in [3.8, 4) is 0 Å². The molecule has 0 atom stereocenters. The van der Waals surface area contributed by atoms with E-state index in [0.29, 0.717) is 17.3 Å². The standard InChI is InChI=1S/C21H24ClN3OS2.ClH/c1-15-5-10-18-19(13-15)28-21(23-18)25(12-4-11-24(2)3)20(26)14-27-17-8-6-16(22)7-9-17;/h5-10,13H,4,11-12,14H2,1-3H3;1H. The van der Waals surface area contributed by atoms with Gasteiger partial charge in [0.15, 0.2) is 5.13 Å². The number of hydrogen-bond acceptors (Lipinski definition) is 5. The van der Waals surface area contributed by atoms with Gasteiger partial charge >= 0.3 is 0 Å². The van der Waals surface area contributed by atoms with Crippen molar-refractivity contribution in [2.45, 2.75) is 18.2 Å². The van der Waals surface area contributed by atoms with Crippen molar-refractivity contribution in [1.29, 1.82) is 0 Å². The Balaban J connectivity index is 0.00000300. The van der Waals surface area contributed by atoms with Crippen molar-refractivity contribution in [3.05, 3.63) is 53.1 Å². The third kappa shape index (κ3) is 6.86. The summed E-state index contributed by atoms with van der Waals surface area (Å²) in [4.78, 5) is 22.8. The summed E-state index contributed by atoms with van der Waals surface area (Å²) in [5.41, 5.74) is 2.15. The molecule has 0 spiro atoms. The smallest absolute Gasteiger partial charge is 0.239 e. The van der Waals surface area contributed by atoms with Crippen LogP contribution in [0.4, 0.5) is 5.13 Å². The number of amides is 1. The zero-order valence-electron chi connectivity index (χ0n) is 16.7. The van der Waals surface area contributed by atoms with E-state index in [1.165, 1.54) is 17.3 Å². The molecule has 2 aromatic carbocycles. The Morgan fingerprint density at radius 2 is 1.86 bits per heavy atom. The summed E-state index contributed by atoms with van der Waals surface area (Å²) in [7, 11) is 4.09. The van der Waals surface area contributed by atoms with Gasteiger partial charge < -0.3 is 4.90 Å². The van der Waals surface area contributed by atoms with Crippen LogP contribution in [0.3, 0.4) is 0 Å². The first-order valence-corrected chi connectivity index (χ1v) is 11.3. The molecule has 0 aliphatic rings. The molecule has 0 fully saturated rings. The fourth-order valence-corrected chi connectivity index (χ4v) is 4.77. The maximum atomic E-state index is 13.0. The number of nitrogens with zero attached hydrogens (tertiary/aromatic N) is 3. The largest absolute Gasteiger partial charge is 0.309 e. The molecule has 3 rings (SSSR count). The first-order valence-electron chi connectivity index (χ1n) is 9.13. The highest BCUT2D eigenvalue weighted by atomic mass is 35.5. The fraction of sp³-hybridized carbons (Fsp3) is 0.333. The minimum Gasteiger partial charge on any atom is -0.309 e. The second-order valence-corrected chi connectivity index (χ2v) is 9.41. The molecule has 1 amide bonds. The van der Waals surface area contributed by atoms with Gasteiger partial charge in [0.05, 0.1) is 16.0 Å². The number of anilines is 1. The average Bonchev–Trinajstić information content (AvgIpc) is 3.07. The van der Waals surface area contributed by atoms with Gasteiger partial charge in [0, 0.05) is 16.5 Å². The summed E-state index contributed by atoms with van der Waals surface area (Å²) in [5.74, 6) is 0.452. The molecule has 156 valence electrons. The van der Waals surface area contributed by atoms with Crippen LogP contribution in [-0.2, 0) is 4.79 Å². The first-order chi connectivity index (χ1) is 13.4. The van der Waals surface area contributed by atoms with Crippen LogP contribution in [0, 0.1) is 6.92 Å². The molecule has 3 aromatic rings. The summed E-state index contributed by atoms with van der Waals surface area (Å²) in [6, 6.07) is 13.8. The minimum absolute atomic E-state index is 0. The quantitative estimate of drug-likeness (QED) is 0.393. The van der Waals surface area contributed by atoms with E-state index in [0.717, 1.165) is 33.2 Å². The summed E-state index contributed by atoms with van der Waals surface area (Å²) < 4.78 is 1.12. The maximum Gasteiger partial charge on any atom is 0.239 e. The number of benzene rings is 2. The number of rotatable bonds is 8. The molecule has 0 unspecified atom stereocenters. The van der Waals surface area contributed by atoms with Gasteiger partial charge in [-0.1, -0.05) is 29.0 Å². The monoisotopic (exact) mass is 469 g/mol. The molecule has 29 heavy (non-hydrogen) atoms. The molecular weight excluding hydrogens is 445 g/mol. The molecule has 0 saturated heterocycles. The number of thioether (sulfide) groups is 1. The Hall–Kier alpha value is -1.31. The number of thiazole rings is 1. The summed E-state index contributed by atoms with van der Waals surface area (Å²) in [5, 5.41) is 1.48. The van der Waals surface area contributed by atoms with Gasteiger partial charge in [-0.2, -0.15) is 0 Å². The molecule has 0 aliphatic heterocycles. The second kappa shape index (κ2) is 11.2. The van der Waals surface area contributed by atoms with Crippen LogP contribution in [0.1, 0.15) is 12.0 Å². The van der Waals surface area contributed by atoms with Crippen molar-refractivity contribution in [3.63, 3.8) is 0 Å². The van der Waals surface area contributed by atoms with Gasteiger partial charge in [-0.25, -0.2) is 4.98 Å². The summed E-state index contributed by atoms with van der Waals surface area (Å²) in [6.07, 6.45) is 0.902. The lowest BCUT2D eigenvalue weighted by molar-refractivity contribution is -0.116. The third-order valence-corrected chi connectivity index (χ3v) is 6.52. The zero-order chi connectivity index (χ0) is 20.1. The van der Waals surface area contributed by atoms with E-state index in [2.05, 4.69) is 24.0 Å². The van der Waals surface area contributed by atoms with Crippen molar-refractivity contribution in [2.75, 3.05) is 37.8 Å². The van der Waals surface area contributed by atoms with E-state index in [9.17, 15) is 4.79 Å². The normalized spacial score (nSPS) is 10.9. The minimum atomic E-state index is 0. The van der Waals surface area contributed by atoms with E-state index in [1.54, 1.807) is 11.3 Å². The van der Waals surface area contributed by atoms with Crippen LogP contribution in [0.15, 0.2) is 47.4 Å². The van der Waals surface area contributed by atoms with E-state index >= 15 is 0 Å². The number of aromatic nitrogens is 1. The predicted octanol–water partition coefficient (Wildman–Crippen LogP) is 5.76. The van der Waals surface area contributed by atoms with E-state index in [1.807, 2.05) is 49.3 Å². The van der Waals surface area contributed by atoms with Crippen LogP contribution < -0.4 is 4.90 Å². The van der Waals surface area contributed by atoms with Crippen LogP contribution in [0.25, 0.3) is 10.2 Å². The second-order valence-electron chi connectivity index (χ2n) is 6.91. The summed E-state index contributed by atoms with van der Waals surface area (Å²) in [6.45, 7) is 3.66. The Labute approximate surface area is 191 Å². The highest BCUT2D eigenvalue weighted by Gasteiger charge is 2.20. The van der Waals surface area contributed by atoms with Gasteiger partial charge in [-0.3, -0.25) is 9.69 Å². The highest BCUT2D eigenvalue weighted by molar-refractivity contribution is 8.00. The molecule has 0 saturated carbocycles. The SMILES string of the molecule is Cc1ccc2nc(N(CCCN(C)C)C(=O)CSc3ccc(Cl)cc3)sc2c1.Cl.